The van der Waals surface area contributed by atoms with E-state index in [-0.39, 0.29) is 12.2 Å². The van der Waals surface area contributed by atoms with Crippen LogP contribution in [0.4, 0.5) is 4.39 Å². The molecule has 1 atom stereocenters. The molecule has 0 fully saturated rings. The molecule has 0 bridgehead atoms. The summed E-state index contributed by atoms with van der Waals surface area (Å²) in [5.74, 6) is -0.354. The van der Waals surface area contributed by atoms with Crippen molar-refractivity contribution in [2.75, 3.05) is 6.26 Å². The van der Waals surface area contributed by atoms with Gasteiger partial charge >= 0.3 is 0 Å². The Bertz CT molecular complexity index is 497. The minimum atomic E-state index is -3.28. The van der Waals surface area contributed by atoms with Crippen LogP contribution in [0.25, 0.3) is 0 Å². The van der Waals surface area contributed by atoms with E-state index < -0.39 is 20.6 Å². The third kappa shape index (κ3) is 3.04. The zero-order chi connectivity index (χ0) is 13.3. The summed E-state index contributed by atoms with van der Waals surface area (Å²) in [5.41, 5.74) is 6.33. The van der Waals surface area contributed by atoms with Crippen molar-refractivity contribution in [2.24, 2.45) is 5.73 Å². The Morgan fingerprint density at radius 2 is 1.88 bits per heavy atom. The van der Waals surface area contributed by atoms with Crippen LogP contribution in [0.3, 0.4) is 0 Å². The van der Waals surface area contributed by atoms with Gasteiger partial charge in [-0.2, -0.15) is 0 Å². The summed E-state index contributed by atoms with van der Waals surface area (Å²) in [4.78, 5) is 0. The van der Waals surface area contributed by atoms with Crippen molar-refractivity contribution < 1.29 is 12.8 Å². The zero-order valence-corrected chi connectivity index (χ0v) is 11.1. The molecule has 0 radical (unpaired) electrons. The van der Waals surface area contributed by atoms with Crippen LogP contribution >= 0.6 is 0 Å². The highest BCUT2D eigenvalue weighted by atomic mass is 32.2. The Morgan fingerprint density at radius 1 is 1.35 bits per heavy atom. The molecule has 1 rings (SSSR count). The Morgan fingerprint density at radius 3 is 2.35 bits per heavy atom. The van der Waals surface area contributed by atoms with Crippen molar-refractivity contribution in [3.8, 4) is 0 Å². The normalized spacial score (nSPS) is 14.6. The van der Waals surface area contributed by atoms with E-state index in [4.69, 9.17) is 5.73 Å². The van der Waals surface area contributed by atoms with Crippen LogP contribution < -0.4 is 5.73 Å². The lowest BCUT2D eigenvalue weighted by molar-refractivity contribution is 0.474. The van der Waals surface area contributed by atoms with Crippen LogP contribution in [0, 0.1) is 5.82 Å². The third-order valence-corrected chi connectivity index (χ3v) is 5.46. The molecule has 0 aliphatic heterocycles. The lowest BCUT2D eigenvalue weighted by Crippen LogP contribution is -2.50. The zero-order valence-electron chi connectivity index (χ0n) is 10.3. The molecule has 1 aromatic carbocycles. The van der Waals surface area contributed by atoms with E-state index >= 15 is 0 Å². The van der Waals surface area contributed by atoms with Gasteiger partial charge in [-0.05, 0) is 31.9 Å². The number of sulfone groups is 1. The molecule has 0 spiro atoms. The van der Waals surface area contributed by atoms with E-state index in [9.17, 15) is 12.8 Å². The molecule has 5 heteroatoms. The van der Waals surface area contributed by atoms with Gasteiger partial charge in [-0.3, -0.25) is 0 Å². The molecule has 1 aromatic rings. The summed E-state index contributed by atoms with van der Waals surface area (Å²) >= 11 is 0. The van der Waals surface area contributed by atoms with Crippen LogP contribution in [-0.4, -0.2) is 25.5 Å². The molecule has 17 heavy (non-hydrogen) atoms. The largest absolute Gasteiger partial charge is 0.326 e. The molecule has 2 N–H and O–H groups in total. The van der Waals surface area contributed by atoms with Crippen molar-refractivity contribution in [1.82, 2.24) is 0 Å². The summed E-state index contributed by atoms with van der Waals surface area (Å²) in [5, 5.41) is 0. The lowest BCUT2D eigenvalue weighted by Gasteiger charge is -2.29. The highest BCUT2D eigenvalue weighted by molar-refractivity contribution is 7.92. The molecular weight excluding hydrogens is 241 g/mol. The molecule has 0 saturated heterocycles. The fraction of sp³-hybridized carbons (Fsp3) is 0.500. The summed E-state index contributed by atoms with van der Waals surface area (Å²) in [6.07, 6.45) is 1.35. The average Bonchev–Trinajstić information content (AvgIpc) is 2.19. The maximum atomic E-state index is 13.4. The SMILES string of the molecule is CC(C)(C(N)Cc1ccccc1F)S(C)(=O)=O. The van der Waals surface area contributed by atoms with E-state index in [1.54, 1.807) is 32.0 Å². The van der Waals surface area contributed by atoms with E-state index in [0.717, 1.165) is 6.26 Å². The van der Waals surface area contributed by atoms with Crippen molar-refractivity contribution in [3.63, 3.8) is 0 Å². The van der Waals surface area contributed by atoms with Gasteiger partial charge in [0.15, 0.2) is 9.84 Å². The van der Waals surface area contributed by atoms with Crippen LogP contribution in [0.15, 0.2) is 24.3 Å². The summed E-state index contributed by atoms with van der Waals surface area (Å²) in [6, 6.07) is 5.61. The first-order valence-electron chi connectivity index (χ1n) is 5.35. The molecule has 0 aliphatic rings. The number of benzene rings is 1. The van der Waals surface area contributed by atoms with Gasteiger partial charge in [-0.1, -0.05) is 18.2 Å². The highest BCUT2D eigenvalue weighted by Crippen LogP contribution is 2.22. The standard InChI is InChI=1S/C12H18FNO2S/c1-12(2,17(3,15)16)11(14)8-9-6-4-5-7-10(9)13/h4-7,11H,8,14H2,1-3H3. The first kappa shape index (κ1) is 14.1. The van der Waals surface area contributed by atoms with Gasteiger partial charge in [0.1, 0.15) is 5.82 Å². The molecule has 1 unspecified atom stereocenters. The molecule has 0 aliphatic carbocycles. The molecule has 3 nitrogen and oxygen atoms in total. The minimum Gasteiger partial charge on any atom is -0.326 e. The van der Waals surface area contributed by atoms with Crippen LogP contribution in [0.5, 0.6) is 0 Å². The fourth-order valence-electron chi connectivity index (χ4n) is 1.42. The van der Waals surface area contributed by atoms with Gasteiger partial charge in [0, 0.05) is 12.3 Å². The van der Waals surface area contributed by atoms with Crippen molar-refractivity contribution in [3.05, 3.63) is 35.6 Å². The number of nitrogens with two attached hydrogens (primary N) is 1. The van der Waals surface area contributed by atoms with Gasteiger partial charge < -0.3 is 5.73 Å². The van der Waals surface area contributed by atoms with E-state index in [1.165, 1.54) is 6.07 Å². The molecule has 0 aromatic heterocycles. The Balaban J connectivity index is 2.95. The molecular formula is C12H18FNO2S. The van der Waals surface area contributed by atoms with Gasteiger partial charge in [0.05, 0.1) is 4.75 Å². The van der Waals surface area contributed by atoms with Crippen LogP contribution in [-0.2, 0) is 16.3 Å². The first-order valence-corrected chi connectivity index (χ1v) is 7.24. The van der Waals surface area contributed by atoms with Crippen molar-refractivity contribution in [2.45, 2.75) is 31.1 Å². The van der Waals surface area contributed by atoms with E-state index in [2.05, 4.69) is 0 Å². The number of rotatable bonds is 4. The number of hydrogen-bond acceptors (Lipinski definition) is 3. The van der Waals surface area contributed by atoms with E-state index in [0.29, 0.717) is 5.56 Å². The smallest absolute Gasteiger partial charge is 0.154 e. The highest BCUT2D eigenvalue weighted by Gasteiger charge is 2.36. The second kappa shape index (κ2) is 4.74. The molecule has 96 valence electrons. The van der Waals surface area contributed by atoms with Gasteiger partial charge in [0.25, 0.3) is 0 Å². The topological polar surface area (TPSA) is 60.2 Å². The monoisotopic (exact) mass is 259 g/mol. The maximum Gasteiger partial charge on any atom is 0.154 e. The maximum absolute atomic E-state index is 13.4. The lowest BCUT2D eigenvalue weighted by atomic mass is 9.96. The fourth-order valence-corrected chi connectivity index (χ4v) is 2.05. The van der Waals surface area contributed by atoms with E-state index in [1.807, 2.05) is 0 Å². The predicted octanol–water partition coefficient (Wildman–Crippen LogP) is 1.52. The predicted molar refractivity (Wildman–Crippen MR) is 67.0 cm³/mol. The Labute approximate surface area is 102 Å². The van der Waals surface area contributed by atoms with Crippen LogP contribution in [0.1, 0.15) is 19.4 Å². The first-order chi connectivity index (χ1) is 7.66. The molecule has 0 saturated carbocycles. The quantitative estimate of drug-likeness (QED) is 0.891. The minimum absolute atomic E-state index is 0.201. The van der Waals surface area contributed by atoms with Crippen molar-refractivity contribution in [1.29, 1.82) is 0 Å². The van der Waals surface area contributed by atoms with Crippen LogP contribution in [0.2, 0.25) is 0 Å². The Hall–Kier alpha value is -0.940. The number of halogens is 1. The summed E-state index contributed by atoms with van der Waals surface area (Å²) in [6.45, 7) is 3.13. The van der Waals surface area contributed by atoms with Crippen molar-refractivity contribution >= 4 is 9.84 Å². The second-order valence-electron chi connectivity index (χ2n) is 4.78. The average molecular weight is 259 g/mol. The number of hydrogen-bond donors (Lipinski definition) is 1. The summed E-state index contributed by atoms with van der Waals surface area (Å²) in [7, 11) is -3.28. The molecule has 0 amide bonds. The third-order valence-electron chi connectivity index (χ3n) is 3.25. The second-order valence-corrected chi connectivity index (χ2v) is 7.37. The molecule has 0 heterocycles. The summed E-state index contributed by atoms with van der Waals surface area (Å²) < 4.78 is 35.5. The Kier molecular flexibility index (Phi) is 3.94. The van der Waals surface area contributed by atoms with Gasteiger partial charge in [-0.15, -0.1) is 0 Å². The van der Waals surface area contributed by atoms with Gasteiger partial charge in [-0.25, -0.2) is 12.8 Å². The van der Waals surface area contributed by atoms with Gasteiger partial charge in [0.2, 0.25) is 0 Å².